The summed E-state index contributed by atoms with van der Waals surface area (Å²) in [4.78, 5) is 12.8. The highest BCUT2D eigenvalue weighted by molar-refractivity contribution is 7.12. The summed E-state index contributed by atoms with van der Waals surface area (Å²) >= 11 is 1.53. The van der Waals surface area contributed by atoms with Crippen molar-refractivity contribution in [2.24, 2.45) is 0 Å². The van der Waals surface area contributed by atoms with Crippen molar-refractivity contribution in [2.75, 3.05) is 6.61 Å². The van der Waals surface area contributed by atoms with Crippen molar-refractivity contribution >= 4 is 17.3 Å². The van der Waals surface area contributed by atoms with Crippen LogP contribution in [-0.4, -0.2) is 27.6 Å². The molecule has 2 heterocycles. The second-order valence-corrected chi connectivity index (χ2v) is 4.09. The summed E-state index contributed by atoms with van der Waals surface area (Å²) in [5.41, 5.74) is 1.38. The molecule has 0 unspecified atom stereocenters. The molecular weight excluding hydrogens is 226 g/mol. The lowest BCUT2D eigenvalue weighted by molar-refractivity contribution is 0.0519. The quantitative estimate of drug-likeness (QED) is 0.764. The summed E-state index contributed by atoms with van der Waals surface area (Å²) in [7, 11) is 0. The first-order valence-corrected chi connectivity index (χ1v) is 5.73. The van der Waals surface area contributed by atoms with Gasteiger partial charge in [-0.2, -0.15) is 5.10 Å². The van der Waals surface area contributed by atoms with E-state index in [1.165, 1.54) is 22.3 Å². The normalized spacial score (nSPS) is 10.4. The zero-order valence-electron chi connectivity index (χ0n) is 9.01. The van der Waals surface area contributed by atoms with Crippen molar-refractivity contribution in [3.05, 3.63) is 28.9 Å². The van der Waals surface area contributed by atoms with Gasteiger partial charge in [0.2, 0.25) is 0 Å². The summed E-state index contributed by atoms with van der Waals surface area (Å²) in [6.45, 7) is 4.09. The molecule has 0 aliphatic rings. The zero-order valence-corrected chi connectivity index (χ0v) is 9.82. The van der Waals surface area contributed by atoms with Crippen LogP contribution in [0.5, 0.6) is 0 Å². The smallest absolute Gasteiger partial charge is 0.360 e. The minimum Gasteiger partial charge on any atom is -0.461 e. The van der Waals surface area contributed by atoms with Gasteiger partial charge in [-0.1, -0.05) is 0 Å². The van der Waals surface area contributed by atoms with Crippen LogP contribution in [0.1, 0.15) is 23.0 Å². The summed E-state index contributed by atoms with van der Waals surface area (Å²) in [6, 6.07) is 1.96. The molecule has 0 atom stereocenters. The molecule has 0 radical (unpaired) electrons. The van der Waals surface area contributed by atoms with Crippen LogP contribution in [0.3, 0.4) is 0 Å². The number of hydrogen-bond acceptors (Lipinski definition) is 5. The average Bonchev–Trinajstić information content (AvgIpc) is 2.85. The number of ether oxygens (including phenoxy) is 1. The van der Waals surface area contributed by atoms with E-state index in [9.17, 15) is 4.79 Å². The molecule has 0 saturated carbocycles. The van der Waals surface area contributed by atoms with E-state index in [-0.39, 0.29) is 5.69 Å². The number of thiophene rings is 1. The number of nitrogens with zero attached hydrogens (tertiary/aromatic N) is 3. The number of esters is 1. The topological polar surface area (TPSA) is 57.0 Å². The molecule has 84 valence electrons. The number of aryl methyl sites for hydroxylation is 1. The fourth-order valence-corrected chi connectivity index (χ4v) is 2.00. The lowest BCUT2D eigenvalue weighted by atomic mass is 10.4. The van der Waals surface area contributed by atoms with Crippen LogP contribution < -0.4 is 0 Å². The predicted molar refractivity (Wildman–Crippen MR) is 59.9 cm³/mol. The molecule has 0 amide bonds. The van der Waals surface area contributed by atoms with Crippen molar-refractivity contribution < 1.29 is 9.53 Å². The van der Waals surface area contributed by atoms with Crippen LogP contribution in [-0.2, 0) is 4.74 Å². The Labute approximate surface area is 96.7 Å². The largest absolute Gasteiger partial charge is 0.461 e. The summed E-state index contributed by atoms with van der Waals surface area (Å²) in [6.07, 6.45) is 1.41. The van der Waals surface area contributed by atoms with Gasteiger partial charge in [0.05, 0.1) is 12.8 Å². The van der Waals surface area contributed by atoms with Crippen molar-refractivity contribution in [3.63, 3.8) is 0 Å². The monoisotopic (exact) mass is 237 g/mol. The van der Waals surface area contributed by atoms with Crippen molar-refractivity contribution in [2.45, 2.75) is 13.8 Å². The summed E-state index contributed by atoms with van der Waals surface area (Å²) < 4.78 is 4.83. The molecule has 0 bridgehead atoms. The van der Waals surface area contributed by atoms with E-state index in [1.807, 2.05) is 18.4 Å². The first kappa shape index (κ1) is 10.8. The number of carbonyl (C=O) groups is 1. The van der Waals surface area contributed by atoms with Crippen LogP contribution >= 0.6 is 11.3 Å². The lowest BCUT2D eigenvalue weighted by Gasteiger charge is -1.95. The Morgan fingerprint density at radius 2 is 2.44 bits per heavy atom. The average molecular weight is 237 g/mol. The highest BCUT2D eigenvalue weighted by Crippen LogP contribution is 2.16. The van der Waals surface area contributed by atoms with Gasteiger partial charge < -0.3 is 4.74 Å². The fourth-order valence-electron chi connectivity index (χ4n) is 1.19. The Bertz CT molecular complexity index is 504. The highest BCUT2D eigenvalue weighted by atomic mass is 32.1. The molecule has 0 aliphatic heterocycles. The standard InChI is InChI=1S/C10H11N3O2S/c1-3-15-10(14)8-5-11-13(12-8)9-4-7(2)6-16-9/h4-6H,3H2,1-2H3. The molecule has 2 aromatic heterocycles. The zero-order chi connectivity index (χ0) is 11.5. The molecule has 0 saturated heterocycles. The van der Waals surface area contributed by atoms with E-state index >= 15 is 0 Å². The van der Waals surface area contributed by atoms with E-state index in [1.54, 1.807) is 6.92 Å². The predicted octanol–water partition coefficient (Wildman–Crippen LogP) is 1.81. The van der Waals surface area contributed by atoms with Gasteiger partial charge >= 0.3 is 5.97 Å². The molecule has 0 N–H and O–H groups in total. The van der Waals surface area contributed by atoms with Gasteiger partial charge in [-0.25, -0.2) is 4.79 Å². The number of aromatic nitrogens is 3. The minimum atomic E-state index is -0.443. The van der Waals surface area contributed by atoms with E-state index in [0.717, 1.165) is 10.6 Å². The molecule has 5 nitrogen and oxygen atoms in total. The number of hydrogen-bond donors (Lipinski definition) is 0. The van der Waals surface area contributed by atoms with Crippen LogP contribution in [0.25, 0.3) is 5.00 Å². The second-order valence-electron chi connectivity index (χ2n) is 3.20. The van der Waals surface area contributed by atoms with Crippen molar-refractivity contribution in [1.82, 2.24) is 15.0 Å². The number of rotatable bonds is 3. The van der Waals surface area contributed by atoms with Crippen molar-refractivity contribution in [3.8, 4) is 5.00 Å². The third kappa shape index (κ3) is 2.11. The number of carbonyl (C=O) groups excluding carboxylic acids is 1. The maximum absolute atomic E-state index is 11.4. The highest BCUT2D eigenvalue weighted by Gasteiger charge is 2.12. The molecule has 0 aromatic carbocycles. The van der Waals surface area contributed by atoms with Crippen LogP contribution in [0, 0.1) is 6.92 Å². The third-order valence-corrected chi connectivity index (χ3v) is 2.90. The SMILES string of the molecule is CCOC(=O)c1cnn(-c2cc(C)cs2)n1. The first-order chi connectivity index (χ1) is 7.70. The lowest BCUT2D eigenvalue weighted by Crippen LogP contribution is -2.06. The summed E-state index contributed by atoms with van der Waals surface area (Å²) in [5.74, 6) is -0.443. The Balaban J connectivity index is 2.22. The molecule has 16 heavy (non-hydrogen) atoms. The molecule has 0 aliphatic carbocycles. The van der Waals surface area contributed by atoms with Gasteiger partial charge in [0.25, 0.3) is 0 Å². The van der Waals surface area contributed by atoms with Gasteiger partial charge in [0.1, 0.15) is 5.00 Å². The molecular formula is C10H11N3O2S. The van der Waals surface area contributed by atoms with Gasteiger partial charge in [0.15, 0.2) is 5.69 Å². The molecule has 0 fully saturated rings. The van der Waals surface area contributed by atoms with Gasteiger partial charge in [-0.3, -0.25) is 0 Å². The Morgan fingerprint density at radius 1 is 1.62 bits per heavy atom. The first-order valence-electron chi connectivity index (χ1n) is 4.85. The van der Waals surface area contributed by atoms with Gasteiger partial charge in [0, 0.05) is 0 Å². The van der Waals surface area contributed by atoms with Crippen LogP contribution in [0.15, 0.2) is 17.6 Å². The molecule has 6 heteroatoms. The molecule has 0 spiro atoms. The Kier molecular flexibility index (Phi) is 3.00. The fraction of sp³-hybridized carbons (Fsp3) is 0.300. The molecule has 2 rings (SSSR count). The van der Waals surface area contributed by atoms with Crippen LogP contribution in [0.4, 0.5) is 0 Å². The van der Waals surface area contributed by atoms with Gasteiger partial charge in [-0.15, -0.1) is 21.2 Å². The third-order valence-electron chi connectivity index (χ3n) is 1.89. The second kappa shape index (κ2) is 4.44. The van der Waals surface area contributed by atoms with Crippen LogP contribution in [0.2, 0.25) is 0 Å². The van der Waals surface area contributed by atoms with E-state index < -0.39 is 5.97 Å². The van der Waals surface area contributed by atoms with Gasteiger partial charge in [-0.05, 0) is 30.9 Å². The maximum atomic E-state index is 11.4. The van der Waals surface area contributed by atoms with E-state index in [4.69, 9.17) is 4.74 Å². The minimum absolute atomic E-state index is 0.230. The Morgan fingerprint density at radius 3 is 3.06 bits per heavy atom. The van der Waals surface area contributed by atoms with E-state index in [2.05, 4.69) is 10.2 Å². The van der Waals surface area contributed by atoms with E-state index in [0.29, 0.717) is 6.61 Å². The maximum Gasteiger partial charge on any atom is 0.360 e. The van der Waals surface area contributed by atoms with Crippen molar-refractivity contribution in [1.29, 1.82) is 0 Å². The summed E-state index contributed by atoms with van der Waals surface area (Å²) in [5, 5.41) is 11.0. The molecule has 2 aromatic rings. The Hall–Kier alpha value is -1.69.